The smallest absolute Gasteiger partial charge is 0.224 e. The van der Waals surface area contributed by atoms with Gasteiger partial charge < -0.3 is 14.6 Å². The Balaban J connectivity index is 1.62. The highest BCUT2D eigenvalue weighted by molar-refractivity contribution is 5.77. The summed E-state index contributed by atoms with van der Waals surface area (Å²) in [5.74, 6) is 1.49. The lowest BCUT2D eigenvalue weighted by Gasteiger charge is -2.19. The van der Waals surface area contributed by atoms with Crippen molar-refractivity contribution in [1.29, 1.82) is 0 Å². The Morgan fingerprint density at radius 2 is 1.88 bits per heavy atom. The zero-order valence-corrected chi connectivity index (χ0v) is 15.1. The monoisotopic (exact) mass is 349 g/mol. The molecule has 2 aromatic carbocycles. The van der Waals surface area contributed by atoms with Crippen molar-refractivity contribution in [2.75, 3.05) is 6.61 Å². The Kier molecular flexibility index (Phi) is 5.69. The molecular weight excluding hydrogens is 326 g/mol. The topological polar surface area (TPSA) is 56.1 Å². The Bertz CT molecular complexity index is 841. The predicted molar refractivity (Wildman–Crippen MR) is 101 cm³/mol. The first-order chi connectivity index (χ1) is 12.6. The van der Waals surface area contributed by atoms with Gasteiger partial charge in [-0.2, -0.15) is 0 Å². The summed E-state index contributed by atoms with van der Waals surface area (Å²) in [5.41, 5.74) is 2.17. The molecule has 1 N–H and O–H groups in total. The normalized spacial score (nSPS) is 11.8. The van der Waals surface area contributed by atoms with Crippen molar-refractivity contribution in [3.8, 4) is 5.75 Å². The van der Waals surface area contributed by atoms with Crippen molar-refractivity contribution in [3.63, 3.8) is 0 Å². The Labute approximate surface area is 153 Å². The van der Waals surface area contributed by atoms with E-state index in [0.29, 0.717) is 6.61 Å². The highest BCUT2D eigenvalue weighted by atomic mass is 16.5. The number of aromatic nitrogens is 2. The quantitative estimate of drug-likeness (QED) is 0.711. The molecule has 5 nitrogen and oxygen atoms in total. The maximum absolute atomic E-state index is 12.4. The molecule has 1 amide bonds. The van der Waals surface area contributed by atoms with E-state index in [1.165, 1.54) is 5.56 Å². The number of nitrogens with zero attached hydrogens (tertiary/aromatic N) is 2. The third-order valence-corrected chi connectivity index (χ3v) is 4.17. The SMILES string of the molecule is Cc1ccc(OCCC(=O)NC(c2ccccc2)c2nccn2C)cc1. The van der Waals surface area contributed by atoms with Gasteiger partial charge in [0.2, 0.25) is 5.91 Å². The van der Waals surface area contributed by atoms with E-state index in [0.717, 1.165) is 17.1 Å². The van der Waals surface area contributed by atoms with Gasteiger partial charge in [-0.1, -0.05) is 48.0 Å². The summed E-state index contributed by atoms with van der Waals surface area (Å²) in [6.45, 7) is 2.36. The van der Waals surface area contributed by atoms with E-state index in [4.69, 9.17) is 4.74 Å². The van der Waals surface area contributed by atoms with Gasteiger partial charge in [0.15, 0.2) is 0 Å². The molecule has 0 spiro atoms. The van der Waals surface area contributed by atoms with E-state index in [1.807, 2.05) is 79.3 Å². The van der Waals surface area contributed by atoms with Crippen LogP contribution in [0.5, 0.6) is 5.75 Å². The third-order valence-electron chi connectivity index (χ3n) is 4.17. The molecule has 5 heteroatoms. The molecule has 134 valence electrons. The second kappa shape index (κ2) is 8.34. The summed E-state index contributed by atoms with van der Waals surface area (Å²) >= 11 is 0. The van der Waals surface area contributed by atoms with Crippen LogP contribution in [-0.2, 0) is 11.8 Å². The van der Waals surface area contributed by atoms with Crippen LogP contribution in [0.3, 0.4) is 0 Å². The number of hydrogen-bond donors (Lipinski definition) is 1. The number of imidazole rings is 1. The second-order valence-corrected chi connectivity index (χ2v) is 6.22. The lowest BCUT2D eigenvalue weighted by molar-refractivity contribution is -0.122. The molecule has 3 rings (SSSR count). The number of hydrogen-bond acceptors (Lipinski definition) is 3. The van der Waals surface area contributed by atoms with E-state index in [9.17, 15) is 4.79 Å². The van der Waals surface area contributed by atoms with E-state index < -0.39 is 0 Å². The van der Waals surface area contributed by atoms with Crippen molar-refractivity contribution in [2.45, 2.75) is 19.4 Å². The maximum Gasteiger partial charge on any atom is 0.224 e. The molecule has 3 aromatic rings. The lowest BCUT2D eigenvalue weighted by atomic mass is 10.1. The zero-order valence-electron chi connectivity index (χ0n) is 15.1. The van der Waals surface area contributed by atoms with Crippen LogP contribution in [0.1, 0.15) is 29.4 Å². The van der Waals surface area contributed by atoms with E-state index in [-0.39, 0.29) is 18.4 Å². The fourth-order valence-electron chi connectivity index (χ4n) is 2.73. The maximum atomic E-state index is 12.4. The lowest BCUT2D eigenvalue weighted by Crippen LogP contribution is -2.31. The van der Waals surface area contributed by atoms with E-state index >= 15 is 0 Å². The zero-order chi connectivity index (χ0) is 18.4. The summed E-state index contributed by atoms with van der Waals surface area (Å²) in [4.78, 5) is 16.8. The first-order valence-corrected chi connectivity index (χ1v) is 8.64. The Morgan fingerprint density at radius 3 is 2.54 bits per heavy atom. The molecule has 0 aliphatic heterocycles. The van der Waals surface area contributed by atoms with Crippen molar-refractivity contribution in [3.05, 3.63) is 83.9 Å². The van der Waals surface area contributed by atoms with Gasteiger partial charge in [0.25, 0.3) is 0 Å². The molecule has 0 saturated carbocycles. The standard InChI is InChI=1S/C21H23N3O2/c1-16-8-10-18(11-9-16)26-15-12-19(25)23-20(17-6-4-3-5-7-17)21-22-13-14-24(21)2/h3-11,13-14,20H,12,15H2,1-2H3,(H,23,25). The van der Waals surface area contributed by atoms with E-state index in [1.54, 1.807) is 6.20 Å². The van der Waals surface area contributed by atoms with Crippen molar-refractivity contribution in [2.24, 2.45) is 7.05 Å². The van der Waals surface area contributed by atoms with Crippen LogP contribution in [0, 0.1) is 6.92 Å². The molecule has 1 aromatic heterocycles. The van der Waals surface area contributed by atoms with Crippen LogP contribution in [0.15, 0.2) is 67.0 Å². The molecule has 1 heterocycles. The molecule has 0 aliphatic rings. The molecule has 1 atom stereocenters. The minimum atomic E-state index is -0.289. The highest BCUT2D eigenvalue weighted by Crippen LogP contribution is 2.20. The van der Waals surface area contributed by atoms with Crippen LogP contribution < -0.4 is 10.1 Å². The number of benzene rings is 2. The Morgan fingerprint density at radius 1 is 1.15 bits per heavy atom. The number of rotatable bonds is 7. The summed E-state index contributed by atoms with van der Waals surface area (Å²) in [5, 5.41) is 3.07. The second-order valence-electron chi connectivity index (χ2n) is 6.22. The van der Waals surface area contributed by atoms with E-state index in [2.05, 4.69) is 10.3 Å². The van der Waals surface area contributed by atoms with Crippen molar-refractivity contribution < 1.29 is 9.53 Å². The van der Waals surface area contributed by atoms with Crippen molar-refractivity contribution >= 4 is 5.91 Å². The average molecular weight is 349 g/mol. The van der Waals surface area contributed by atoms with Gasteiger partial charge in [-0.3, -0.25) is 4.79 Å². The molecule has 0 saturated heterocycles. The van der Waals surface area contributed by atoms with Gasteiger partial charge in [0.1, 0.15) is 17.6 Å². The molecule has 0 aliphatic carbocycles. The van der Waals surface area contributed by atoms with Gasteiger partial charge in [-0.15, -0.1) is 0 Å². The minimum Gasteiger partial charge on any atom is -0.493 e. The van der Waals surface area contributed by atoms with Crippen LogP contribution >= 0.6 is 0 Å². The van der Waals surface area contributed by atoms with Crippen LogP contribution in [-0.4, -0.2) is 22.1 Å². The number of nitrogens with one attached hydrogen (secondary N) is 1. The summed E-state index contributed by atoms with van der Waals surface area (Å²) in [6.07, 6.45) is 3.89. The number of ether oxygens (including phenoxy) is 1. The molecule has 0 fully saturated rings. The van der Waals surface area contributed by atoms with Gasteiger partial charge in [-0.25, -0.2) is 4.98 Å². The summed E-state index contributed by atoms with van der Waals surface area (Å²) < 4.78 is 7.57. The Hall–Kier alpha value is -3.08. The van der Waals surface area contributed by atoms with Gasteiger partial charge in [-0.05, 0) is 24.6 Å². The van der Waals surface area contributed by atoms with Gasteiger partial charge in [0.05, 0.1) is 13.0 Å². The molecular formula is C21H23N3O2. The fourth-order valence-corrected chi connectivity index (χ4v) is 2.73. The molecule has 26 heavy (non-hydrogen) atoms. The van der Waals surface area contributed by atoms with Gasteiger partial charge in [0, 0.05) is 19.4 Å². The number of amides is 1. The fraction of sp³-hybridized carbons (Fsp3) is 0.238. The molecule has 0 bridgehead atoms. The van der Waals surface area contributed by atoms with Crippen LogP contribution in [0.25, 0.3) is 0 Å². The number of carbonyl (C=O) groups is 1. The highest BCUT2D eigenvalue weighted by Gasteiger charge is 2.20. The molecule has 1 unspecified atom stereocenters. The van der Waals surface area contributed by atoms with Crippen LogP contribution in [0.2, 0.25) is 0 Å². The first kappa shape index (κ1) is 17.7. The van der Waals surface area contributed by atoms with Gasteiger partial charge >= 0.3 is 0 Å². The summed E-state index contributed by atoms with van der Waals surface area (Å²) in [7, 11) is 1.92. The minimum absolute atomic E-state index is 0.0750. The predicted octanol–water partition coefficient (Wildman–Crippen LogP) is 3.40. The third kappa shape index (κ3) is 4.51. The summed E-state index contributed by atoms with van der Waals surface area (Å²) in [6, 6.07) is 17.4. The number of carbonyl (C=O) groups excluding carboxylic acids is 1. The number of aryl methyl sites for hydroxylation is 2. The molecule has 0 radical (unpaired) electrons. The largest absolute Gasteiger partial charge is 0.493 e. The average Bonchev–Trinajstić information content (AvgIpc) is 3.08. The first-order valence-electron chi connectivity index (χ1n) is 8.64. The van der Waals surface area contributed by atoms with Crippen LogP contribution in [0.4, 0.5) is 0 Å². The van der Waals surface area contributed by atoms with Crippen molar-refractivity contribution in [1.82, 2.24) is 14.9 Å².